The number of piperidine rings is 1. The van der Waals surface area contributed by atoms with Crippen molar-refractivity contribution in [3.05, 3.63) is 60.2 Å². The molecule has 2 saturated heterocycles. The minimum Gasteiger partial charge on any atom is -0.497 e. The van der Waals surface area contributed by atoms with Crippen molar-refractivity contribution in [2.24, 2.45) is 11.8 Å². The fourth-order valence-corrected chi connectivity index (χ4v) is 4.52. The molecule has 1 amide bonds. The van der Waals surface area contributed by atoms with Crippen LogP contribution < -0.4 is 9.64 Å². The van der Waals surface area contributed by atoms with Crippen LogP contribution in [0.1, 0.15) is 24.8 Å². The number of nitrogens with zero attached hydrogens (tertiary/aromatic N) is 2. The van der Waals surface area contributed by atoms with E-state index in [1.165, 1.54) is 5.56 Å². The number of hydrogen-bond donors (Lipinski definition) is 0. The normalized spacial score (nSPS) is 23.6. The third-order valence-electron chi connectivity index (χ3n) is 6.07. The first kappa shape index (κ1) is 18.1. The van der Waals surface area contributed by atoms with Crippen molar-refractivity contribution in [1.29, 1.82) is 0 Å². The van der Waals surface area contributed by atoms with E-state index in [2.05, 4.69) is 17.0 Å². The Balaban J connectivity index is 1.40. The molecule has 0 spiro atoms. The Bertz CT molecular complexity index is 760. The van der Waals surface area contributed by atoms with E-state index >= 15 is 0 Å². The molecule has 4 nitrogen and oxygen atoms in total. The Hall–Kier alpha value is -2.33. The topological polar surface area (TPSA) is 32.8 Å². The summed E-state index contributed by atoms with van der Waals surface area (Å²) in [7, 11) is 1.70. The van der Waals surface area contributed by atoms with Crippen LogP contribution in [0.5, 0.6) is 5.75 Å². The van der Waals surface area contributed by atoms with Gasteiger partial charge in [-0.1, -0.05) is 30.3 Å². The molecule has 2 atom stereocenters. The van der Waals surface area contributed by atoms with Crippen molar-refractivity contribution in [3.63, 3.8) is 0 Å². The van der Waals surface area contributed by atoms with Crippen LogP contribution >= 0.6 is 0 Å². The summed E-state index contributed by atoms with van der Waals surface area (Å²) in [5, 5.41) is 0. The number of anilines is 1. The minimum absolute atomic E-state index is 0.289. The van der Waals surface area contributed by atoms with Crippen LogP contribution in [-0.4, -0.2) is 37.6 Å². The van der Waals surface area contributed by atoms with E-state index in [1.807, 2.05) is 47.4 Å². The lowest BCUT2D eigenvalue weighted by atomic mass is 9.82. The average Bonchev–Trinajstić information content (AvgIpc) is 2.87. The number of likely N-dealkylation sites (tertiary alicyclic amines) is 1. The van der Waals surface area contributed by atoms with Gasteiger partial charge in [0.05, 0.1) is 7.11 Å². The molecule has 2 aliphatic heterocycles. The third kappa shape index (κ3) is 4.16. The minimum atomic E-state index is 0.289. The van der Waals surface area contributed by atoms with Gasteiger partial charge in [-0.15, -0.1) is 0 Å². The van der Waals surface area contributed by atoms with Gasteiger partial charge in [-0.05, 0) is 61.1 Å². The maximum absolute atomic E-state index is 12.8. The second-order valence-electron chi connectivity index (χ2n) is 7.77. The first-order chi connectivity index (χ1) is 13.2. The van der Waals surface area contributed by atoms with Crippen molar-refractivity contribution in [3.8, 4) is 5.75 Å². The highest BCUT2D eigenvalue weighted by Crippen LogP contribution is 2.34. The first-order valence-electron chi connectivity index (χ1n) is 9.93. The molecule has 2 fully saturated rings. The highest BCUT2D eigenvalue weighted by Gasteiger charge is 2.35. The summed E-state index contributed by atoms with van der Waals surface area (Å²) in [4.78, 5) is 17.3. The number of hydrogen-bond acceptors (Lipinski definition) is 3. The van der Waals surface area contributed by atoms with Gasteiger partial charge >= 0.3 is 0 Å². The summed E-state index contributed by atoms with van der Waals surface area (Å²) in [6.45, 7) is 3.97. The van der Waals surface area contributed by atoms with Gasteiger partial charge in [0, 0.05) is 31.7 Å². The standard InChI is InChI=1S/C23H28N2O2/c1-27-22-9-7-18(8-10-22)16-24-13-11-19-15-23(26)25(14-12-20(19)17-24)21-5-3-2-4-6-21/h2-10,19-20H,11-17H2,1H3/t19-,20+/m1/s1. The molecule has 4 heteroatoms. The predicted octanol–water partition coefficient (Wildman–Crippen LogP) is 3.96. The van der Waals surface area contributed by atoms with Gasteiger partial charge in [-0.25, -0.2) is 0 Å². The Morgan fingerprint density at radius 1 is 0.963 bits per heavy atom. The van der Waals surface area contributed by atoms with Crippen molar-refractivity contribution in [2.75, 3.05) is 31.6 Å². The lowest BCUT2D eigenvalue weighted by molar-refractivity contribution is -0.119. The van der Waals surface area contributed by atoms with E-state index in [1.54, 1.807) is 7.11 Å². The molecule has 2 aromatic rings. The molecule has 27 heavy (non-hydrogen) atoms. The quantitative estimate of drug-likeness (QED) is 0.823. The zero-order valence-electron chi connectivity index (χ0n) is 16.0. The average molecular weight is 364 g/mol. The number of carbonyl (C=O) groups is 1. The van der Waals surface area contributed by atoms with Crippen molar-refractivity contribution in [1.82, 2.24) is 4.90 Å². The number of ether oxygens (including phenoxy) is 1. The second kappa shape index (κ2) is 8.13. The molecule has 2 aromatic carbocycles. The molecule has 2 heterocycles. The Morgan fingerprint density at radius 2 is 1.70 bits per heavy atom. The first-order valence-corrected chi connectivity index (χ1v) is 9.93. The summed E-state index contributed by atoms with van der Waals surface area (Å²) in [6, 6.07) is 18.5. The SMILES string of the molecule is COc1ccc(CN2CC[C@@H]3CC(=O)N(c4ccccc4)CC[C@H]3C2)cc1. The van der Waals surface area contributed by atoms with Crippen LogP contribution in [0, 0.1) is 11.8 Å². The van der Waals surface area contributed by atoms with Crippen molar-refractivity contribution >= 4 is 11.6 Å². The molecule has 0 N–H and O–H groups in total. The van der Waals surface area contributed by atoms with Gasteiger partial charge in [-0.3, -0.25) is 9.69 Å². The number of benzene rings is 2. The summed E-state index contributed by atoms with van der Waals surface area (Å²) in [5.74, 6) is 2.33. The molecule has 0 aromatic heterocycles. The number of amides is 1. The van der Waals surface area contributed by atoms with Gasteiger partial charge in [0.25, 0.3) is 0 Å². The van der Waals surface area contributed by atoms with Crippen molar-refractivity contribution in [2.45, 2.75) is 25.8 Å². The monoisotopic (exact) mass is 364 g/mol. The molecular weight excluding hydrogens is 336 g/mol. The Labute approximate surface area is 161 Å². The van der Waals surface area contributed by atoms with Gasteiger partial charge < -0.3 is 9.64 Å². The van der Waals surface area contributed by atoms with E-state index in [0.29, 0.717) is 18.3 Å². The number of fused-ring (bicyclic) bond motifs is 1. The largest absolute Gasteiger partial charge is 0.497 e. The predicted molar refractivity (Wildman–Crippen MR) is 108 cm³/mol. The molecule has 142 valence electrons. The van der Waals surface area contributed by atoms with Gasteiger partial charge in [0.1, 0.15) is 5.75 Å². The molecule has 0 bridgehead atoms. The van der Waals surface area contributed by atoms with Crippen LogP contribution in [0.3, 0.4) is 0 Å². The van der Waals surface area contributed by atoms with Crippen LogP contribution in [0.15, 0.2) is 54.6 Å². The van der Waals surface area contributed by atoms with Crippen molar-refractivity contribution < 1.29 is 9.53 Å². The number of para-hydroxylation sites is 1. The zero-order valence-corrected chi connectivity index (χ0v) is 16.0. The highest BCUT2D eigenvalue weighted by atomic mass is 16.5. The van der Waals surface area contributed by atoms with Crippen LogP contribution in [0.4, 0.5) is 5.69 Å². The van der Waals surface area contributed by atoms with Crippen LogP contribution in [-0.2, 0) is 11.3 Å². The Kier molecular flexibility index (Phi) is 5.44. The highest BCUT2D eigenvalue weighted by molar-refractivity contribution is 5.93. The summed E-state index contributed by atoms with van der Waals surface area (Å²) in [5.41, 5.74) is 2.36. The molecule has 0 radical (unpaired) electrons. The summed E-state index contributed by atoms with van der Waals surface area (Å²) < 4.78 is 5.25. The third-order valence-corrected chi connectivity index (χ3v) is 6.07. The van der Waals surface area contributed by atoms with Crippen LogP contribution in [0.2, 0.25) is 0 Å². The lowest BCUT2D eigenvalue weighted by Crippen LogP contribution is -2.40. The van der Waals surface area contributed by atoms with Gasteiger partial charge in [0.2, 0.25) is 5.91 Å². The Morgan fingerprint density at radius 3 is 2.44 bits per heavy atom. The second-order valence-corrected chi connectivity index (χ2v) is 7.77. The maximum Gasteiger partial charge on any atom is 0.227 e. The number of rotatable bonds is 4. The fourth-order valence-electron chi connectivity index (χ4n) is 4.52. The molecular formula is C23H28N2O2. The van der Waals surface area contributed by atoms with E-state index in [-0.39, 0.29) is 5.91 Å². The summed E-state index contributed by atoms with van der Waals surface area (Å²) >= 11 is 0. The zero-order chi connectivity index (χ0) is 18.6. The summed E-state index contributed by atoms with van der Waals surface area (Å²) in [6.07, 6.45) is 2.90. The van der Waals surface area contributed by atoms with Gasteiger partial charge in [0.15, 0.2) is 0 Å². The molecule has 4 rings (SSSR count). The molecule has 0 aliphatic carbocycles. The van der Waals surface area contributed by atoms with Gasteiger partial charge in [-0.2, -0.15) is 0 Å². The molecule has 0 unspecified atom stereocenters. The smallest absolute Gasteiger partial charge is 0.227 e. The molecule has 2 aliphatic rings. The fraction of sp³-hybridized carbons (Fsp3) is 0.435. The van der Waals surface area contributed by atoms with E-state index < -0.39 is 0 Å². The van der Waals surface area contributed by atoms with E-state index in [4.69, 9.17) is 4.74 Å². The number of carbonyl (C=O) groups excluding carboxylic acids is 1. The van der Waals surface area contributed by atoms with Crippen LogP contribution in [0.25, 0.3) is 0 Å². The van der Waals surface area contributed by atoms with E-state index in [0.717, 1.165) is 50.5 Å². The molecule has 0 saturated carbocycles. The number of methoxy groups -OCH3 is 1. The lowest BCUT2D eigenvalue weighted by Gasteiger charge is -2.37. The van der Waals surface area contributed by atoms with E-state index in [9.17, 15) is 4.79 Å². The maximum atomic E-state index is 12.8.